The highest BCUT2D eigenvalue weighted by molar-refractivity contribution is 7.80. The van der Waals surface area contributed by atoms with Crippen LogP contribution in [0.3, 0.4) is 0 Å². The number of thiocarbonyl (C=S) groups is 1. The first kappa shape index (κ1) is 23.7. The molecule has 0 radical (unpaired) electrons. The lowest BCUT2D eigenvalue weighted by Crippen LogP contribution is -2.42. The quantitative estimate of drug-likeness (QED) is 0.254. The van der Waals surface area contributed by atoms with Crippen molar-refractivity contribution >= 4 is 51.4 Å². The summed E-state index contributed by atoms with van der Waals surface area (Å²) in [5.41, 5.74) is 4.76. The summed E-state index contributed by atoms with van der Waals surface area (Å²) in [6.45, 7) is 0.525. The third kappa shape index (κ3) is 5.28. The van der Waals surface area contributed by atoms with Gasteiger partial charge in [0.15, 0.2) is 5.11 Å². The summed E-state index contributed by atoms with van der Waals surface area (Å²) >= 11 is 11.8. The molecule has 0 unspecified atom stereocenters. The summed E-state index contributed by atoms with van der Waals surface area (Å²) in [7, 11) is 0. The van der Waals surface area contributed by atoms with Gasteiger partial charge in [-0.2, -0.15) is 0 Å². The Morgan fingerprint density at radius 1 is 0.833 bits per heavy atom. The molecule has 36 heavy (non-hydrogen) atoms. The van der Waals surface area contributed by atoms with E-state index in [1.165, 1.54) is 0 Å². The smallest absolute Gasteiger partial charge is 0.258 e. The highest BCUT2D eigenvalue weighted by atomic mass is 35.5. The van der Waals surface area contributed by atoms with Crippen molar-refractivity contribution in [1.29, 1.82) is 0 Å². The number of pyridine rings is 1. The second kappa shape index (κ2) is 10.7. The van der Waals surface area contributed by atoms with Crippen molar-refractivity contribution in [3.05, 3.63) is 131 Å². The van der Waals surface area contributed by atoms with E-state index in [0.29, 0.717) is 27.9 Å². The molecule has 0 fully saturated rings. The van der Waals surface area contributed by atoms with Crippen LogP contribution in [-0.4, -0.2) is 16.0 Å². The van der Waals surface area contributed by atoms with Crippen molar-refractivity contribution in [2.75, 3.05) is 4.90 Å². The predicted molar refractivity (Wildman–Crippen MR) is 151 cm³/mol. The number of anilines is 1. The highest BCUT2D eigenvalue weighted by Gasteiger charge is 2.19. The van der Waals surface area contributed by atoms with E-state index in [9.17, 15) is 4.79 Å². The van der Waals surface area contributed by atoms with Crippen molar-refractivity contribution in [1.82, 2.24) is 10.3 Å². The lowest BCUT2D eigenvalue weighted by atomic mass is 10.0. The Morgan fingerprint density at radius 3 is 2.19 bits per heavy atom. The molecule has 1 aromatic heterocycles. The maximum atomic E-state index is 13.6. The van der Waals surface area contributed by atoms with Gasteiger partial charge in [-0.3, -0.25) is 10.1 Å². The van der Waals surface area contributed by atoms with Crippen molar-refractivity contribution in [2.45, 2.75) is 6.54 Å². The van der Waals surface area contributed by atoms with E-state index in [4.69, 9.17) is 28.8 Å². The highest BCUT2D eigenvalue weighted by Crippen LogP contribution is 2.26. The Kier molecular flexibility index (Phi) is 7.03. The summed E-state index contributed by atoms with van der Waals surface area (Å²) < 4.78 is 0. The third-order valence-corrected chi connectivity index (χ3v) is 6.39. The van der Waals surface area contributed by atoms with E-state index in [0.717, 1.165) is 27.7 Å². The van der Waals surface area contributed by atoms with Crippen LogP contribution in [0.1, 0.15) is 15.9 Å². The van der Waals surface area contributed by atoms with Crippen LogP contribution in [0.5, 0.6) is 0 Å². The first-order chi connectivity index (χ1) is 17.6. The van der Waals surface area contributed by atoms with E-state index < -0.39 is 0 Å². The number of amides is 1. The summed E-state index contributed by atoms with van der Waals surface area (Å²) in [4.78, 5) is 20.3. The number of hydrogen-bond donors (Lipinski definition) is 1. The standard InChI is InChI=1S/C30H22ClN3OS/c31-23-17-15-22(16-18-23)28-19-26(25-13-7-8-14-27(25)32-28)29(35)33-30(36)34(24-11-5-2-6-12-24)20-21-9-3-1-4-10-21/h1-19H,20H2,(H,33,35,36). The average Bonchev–Trinajstić information content (AvgIpc) is 2.92. The molecule has 176 valence electrons. The minimum absolute atomic E-state index is 0.289. The summed E-state index contributed by atoms with van der Waals surface area (Å²) in [5.74, 6) is -0.289. The van der Waals surface area contributed by atoms with Crippen LogP contribution in [0.15, 0.2) is 115 Å². The number of nitrogens with one attached hydrogen (secondary N) is 1. The first-order valence-electron chi connectivity index (χ1n) is 11.5. The van der Waals surface area contributed by atoms with Crippen molar-refractivity contribution in [3.8, 4) is 11.3 Å². The fourth-order valence-electron chi connectivity index (χ4n) is 4.02. The summed E-state index contributed by atoms with van der Waals surface area (Å²) in [5, 5.41) is 4.68. The molecule has 1 heterocycles. The molecule has 0 aliphatic heterocycles. The van der Waals surface area contributed by atoms with Crippen LogP contribution in [0, 0.1) is 0 Å². The van der Waals surface area contributed by atoms with Gasteiger partial charge in [-0.1, -0.05) is 90.5 Å². The van der Waals surface area contributed by atoms with Crippen LogP contribution in [-0.2, 0) is 6.54 Å². The molecule has 0 saturated carbocycles. The topological polar surface area (TPSA) is 45.2 Å². The fourth-order valence-corrected chi connectivity index (χ4v) is 4.41. The van der Waals surface area contributed by atoms with Crippen LogP contribution in [0.25, 0.3) is 22.2 Å². The van der Waals surface area contributed by atoms with Gasteiger partial charge in [0.25, 0.3) is 5.91 Å². The maximum Gasteiger partial charge on any atom is 0.258 e. The number of hydrogen-bond acceptors (Lipinski definition) is 3. The Balaban J connectivity index is 1.49. The average molecular weight is 508 g/mol. The van der Waals surface area contributed by atoms with E-state index in [2.05, 4.69) is 5.32 Å². The Bertz CT molecular complexity index is 1520. The zero-order valence-corrected chi connectivity index (χ0v) is 20.8. The monoisotopic (exact) mass is 507 g/mol. The minimum Gasteiger partial charge on any atom is -0.314 e. The molecule has 4 aromatic carbocycles. The number of fused-ring (bicyclic) bond motifs is 1. The van der Waals surface area contributed by atoms with Crippen molar-refractivity contribution in [2.24, 2.45) is 0 Å². The van der Waals surface area contributed by atoms with Gasteiger partial charge < -0.3 is 4.90 Å². The predicted octanol–water partition coefficient (Wildman–Crippen LogP) is 7.28. The lowest BCUT2D eigenvalue weighted by molar-refractivity contribution is 0.0978. The molecule has 5 rings (SSSR count). The Morgan fingerprint density at radius 2 is 1.47 bits per heavy atom. The van der Waals surface area contributed by atoms with Gasteiger partial charge in [-0.25, -0.2) is 4.98 Å². The molecule has 4 nitrogen and oxygen atoms in total. The number of carbonyl (C=O) groups is 1. The second-order valence-electron chi connectivity index (χ2n) is 8.25. The summed E-state index contributed by atoms with van der Waals surface area (Å²) in [6, 6.07) is 36.6. The van der Waals surface area contributed by atoms with Gasteiger partial charge in [0, 0.05) is 21.7 Å². The van der Waals surface area contributed by atoms with Gasteiger partial charge in [0.1, 0.15) is 0 Å². The molecule has 0 spiro atoms. The minimum atomic E-state index is -0.289. The van der Waals surface area contributed by atoms with E-state index in [-0.39, 0.29) is 5.91 Å². The molecule has 5 aromatic rings. The lowest BCUT2D eigenvalue weighted by Gasteiger charge is -2.26. The van der Waals surface area contributed by atoms with Gasteiger partial charge in [0.05, 0.1) is 23.3 Å². The van der Waals surface area contributed by atoms with Crippen LogP contribution >= 0.6 is 23.8 Å². The Labute approximate surface area is 220 Å². The number of halogens is 1. The molecular formula is C30H22ClN3OS. The van der Waals surface area contributed by atoms with Crippen LogP contribution in [0.2, 0.25) is 5.02 Å². The van der Waals surface area contributed by atoms with Crippen molar-refractivity contribution < 1.29 is 4.79 Å². The fraction of sp³-hybridized carbons (Fsp3) is 0.0333. The zero-order chi connectivity index (χ0) is 24.9. The van der Waals surface area contributed by atoms with Crippen LogP contribution in [0.4, 0.5) is 5.69 Å². The normalized spacial score (nSPS) is 10.7. The molecule has 0 aliphatic rings. The summed E-state index contributed by atoms with van der Waals surface area (Å²) in [6.07, 6.45) is 0. The Hall–Kier alpha value is -4.06. The maximum absolute atomic E-state index is 13.6. The van der Waals surface area contributed by atoms with Crippen molar-refractivity contribution in [3.63, 3.8) is 0 Å². The number of para-hydroxylation sites is 2. The van der Waals surface area contributed by atoms with Gasteiger partial charge in [-0.05, 0) is 54.2 Å². The van der Waals surface area contributed by atoms with Gasteiger partial charge >= 0.3 is 0 Å². The van der Waals surface area contributed by atoms with Gasteiger partial charge in [-0.15, -0.1) is 0 Å². The number of benzene rings is 4. The van der Waals surface area contributed by atoms with Gasteiger partial charge in [0.2, 0.25) is 0 Å². The molecule has 0 saturated heterocycles. The largest absolute Gasteiger partial charge is 0.314 e. The second-order valence-corrected chi connectivity index (χ2v) is 9.07. The number of aromatic nitrogens is 1. The molecule has 0 aliphatic carbocycles. The number of rotatable bonds is 5. The number of carbonyl (C=O) groups excluding carboxylic acids is 1. The van der Waals surface area contributed by atoms with E-state index >= 15 is 0 Å². The van der Waals surface area contributed by atoms with Crippen LogP contribution < -0.4 is 10.2 Å². The molecule has 1 N–H and O–H groups in total. The van der Waals surface area contributed by atoms with E-state index in [1.807, 2.05) is 114 Å². The molecular weight excluding hydrogens is 486 g/mol. The molecule has 6 heteroatoms. The first-order valence-corrected chi connectivity index (χ1v) is 12.2. The third-order valence-electron chi connectivity index (χ3n) is 5.82. The molecule has 0 bridgehead atoms. The molecule has 1 amide bonds. The zero-order valence-electron chi connectivity index (χ0n) is 19.3. The van der Waals surface area contributed by atoms with E-state index in [1.54, 1.807) is 6.07 Å². The molecule has 0 atom stereocenters. The SMILES string of the molecule is O=C(NC(=S)N(Cc1ccccc1)c1ccccc1)c1cc(-c2ccc(Cl)cc2)nc2ccccc12. The number of nitrogens with zero attached hydrogens (tertiary/aromatic N) is 2.